The number of carbonyl (C=O) groups excluding carboxylic acids is 1. The number of phosphoric acid groups is 1. The van der Waals surface area contributed by atoms with E-state index in [9.17, 15) is 9.36 Å². The SMILES string of the molecule is CCCCCCCC(=O)NC(COP(=O)(O)O)c1cccc(OC2CCC2)c1. The summed E-state index contributed by atoms with van der Waals surface area (Å²) < 4.78 is 21.7. The minimum Gasteiger partial charge on any atom is -0.490 e. The maximum absolute atomic E-state index is 12.3. The summed E-state index contributed by atoms with van der Waals surface area (Å²) in [6, 6.07) is 6.60. The molecule has 0 saturated heterocycles. The summed E-state index contributed by atoms with van der Waals surface area (Å²) in [6.07, 6.45) is 9.03. The van der Waals surface area contributed by atoms with Crippen LogP contribution in [0.5, 0.6) is 5.75 Å². The fourth-order valence-electron chi connectivity index (χ4n) is 3.03. The Bertz CT molecular complexity index is 658. The quantitative estimate of drug-likeness (QED) is 0.330. The summed E-state index contributed by atoms with van der Waals surface area (Å²) in [5.41, 5.74) is 0.699. The summed E-state index contributed by atoms with van der Waals surface area (Å²) >= 11 is 0. The second-order valence-corrected chi connectivity index (χ2v) is 8.55. The molecule has 0 aliphatic heterocycles. The Hall–Kier alpha value is -1.40. The number of ether oxygens (including phenoxy) is 1. The van der Waals surface area contributed by atoms with Gasteiger partial charge < -0.3 is 19.8 Å². The number of rotatable bonds is 13. The zero-order chi connectivity index (χ0) is 20.4. The zero-order valence-corrected chi connectivity index (χ0v) is 17.4. The fourth-order valence-corrected chi connectivity index (χ4v) is 3.38. The lowest BCUT2D eigenvalue weighted by molar-refractivity contribution is -0.122. The average molecular weight is 413 g/mol. The molecule has 0 aromatic heterocycles. The van der Waals surface area contributed by atoms with Crippen LogP contribution in [-0.2, 0) is 13.9 Å². The molecule has 1 amide bonds. The molecule has 1 aromatic rings. The van der Waals surface area contributed by atoms with Gasteiger partial charge in [-0.15, -0.1) is 0 Å². The van der Waals surface area contributed by atoms with Crippen molar-refractivity contribution in [2.45, 2.75) is 76.9 Å². The van der Waals surface area contributed by atoms with Crippen molar-refractivity contribution in [2.75, 3.05) is 6.61 Å². The minimum atomic E-state index is -4.63. The van der Waals surface area contributed by atoms with Gasteiger partial charge in [0.15, 0.2) is 0 Å². The molecule has 8 heteroatoms. The molecule has 1 saturated carbocycles. The van der Waals surface area contributed by atoms with Crippen molar-refractivity contribution in [3.8, 4) is 5.75 Å². The van der Waals surface area contributed by atoms with E-state index in [1.165, 1.54) is 0 Å². The molecular formula is C20H32NO6P. The number of benzene rings is 1. The Morgan fingerprint density at radius 1 is 1.25 bits per heavy atom. The molecule has 28 heavy (non-hydrogen) atoms. The van der Waals surface area contributed by atoms with Gasteiger partial charge in [0, 0.05) is 6.42 Å². The monoisotopic (exact) mass is 413 g/mol. The number of hydrogen-bond donors (Lipinski definition) is 3. The van der Waals surface area contributed by atoms with E-state index in [2.05, 4.69) is 16.8 Å². The Labute approximate surface area is 167 Å². The lowest BCUT2D eigenvalue weighted by Crippen LogP contribution is -2.31. The molecule has 0 heterocycles. The van der Waals surface area contributed by atoms with Crippen molar-refractivity contribution in [3.05, 3.63) is 29.8 Å². The molecule has 7 nitrogen and oxygen atoms in total. The van der Waals surface area contributed by atoms with Crippen molar-refractivity contribution in [3.63, 3.8) is 0 Å². The van der Waals surface area contributed by atoms with Crippen LogP contribution < -0.4 is 10.1 Å². The first-order valence-corrected chi connectivity index (χ1v) is 11.7. The lowest BCUT2D eigenvalue weighted by Gasteiger charge is -2.27. The van der Waals surface area contributed by atoms with Crippen molar-refractivity contribution >= 4 is 13.7 Å². The van der Waals surface area contributed by atoms with E-state index in [4.69, 9.17) is 14.5 Å². The normalized spacial score (nSPS) is 15.7. The molecule has 1 aliphatic rings. The summed E-state index contributed by atoms with van der Waals surface area (Å²) in [4.78, 5) is 30.4. The van der Waals surface area contributed by atoms with Gasteiger partial charge in [-0.3, -0.25) is 9.32 Å². The summed E-state index contributed by atoms with van der Waals surface area (Å²) in [6.45, 7) is 1.83. The second-order valence-electron chi connectivity index (χ2n) is 7.31. The van der Waals surface area contributed by atoms with Crippen LogP contribution in [0.2, 0.25) is 0 Å². The van der Waals surface area contributed by atoms with Crippen LogP contribution in [0.15, 0.2) is 24.3 Å². The van der Waals surface area contributed by atoms with E-state index in [0.717, 1.165) is 51.4 Å². The number of unbranched alkanes of at least 4 members (excludes halogenated alkanes) is 4. The molecule has 1 aliphatic carbocycles. The predicted octanol–water partition coefficient (Wildman–Crippen LogP) is 4.25. The van der Waals surface area contributed by atoms with Crippen LogP contribution in [0, 0.1) is 0 Å². The van der Waals surface area contributed by atoms with Crippen molar-refractivity contribution < 1.29 is 28.4 Å². The third kappa shape index (κ3) is 8.74. The van der Waals surface area contributed by atoms with Gasteiger partial charge in [0.05, 0.1) is 18.8 Å². The molecule has 1 atom stereocenters. The van der Waals surface area contributed by atoms with Gasteiger partial charge in [0.1, 0.15) is 5.75 Å². The van der Waals surface area contributed by atoms with Crippen molar-refractivity contribution in [1.82, 2.24) is 5.32 Å². The highest BCUT2D eigenvalue weighted by Crippen LogP contribution is 2.37. The topological polar surface area (TPSA) is 105 Å². The highest BCUT2D eigenvalue weighted by molar-refractivity contribution is 7.46. The molecule has 158 valence electrons. The number of hydrogen-bond acceptors (Lipinski definition) is 4. The van der Waals surface area contributed by atoms with Gasteiger partial charge in [-0.2, -0.15) is 0 Å². The summed E-state index contributed by atoms with van der Waals surface area (Å²) in [7, 11) is -4.63. The maximum atomic E-state index is 12.3. The average Bonchev–Trinajstić information content (AvgIpc) is 2.61. The highest BCUT2D eigenvalue weighted by atomic mass is 31.2. The highest BCUT2D eigenvalue weighted by Gasteiger charge is 2.23. The van der Waals surface area contributed by atoms with E-state index in [0.29, 0.717) is 17.7 Å². The fraction of sp³-hybridized carbons (Fsp3) is 0.650. The Balaban J connectivity index is 1.96. The summed E-state index contributed by atoms with van der Waals surface area (Å²) in [5, 5.41) is 2.84. The second kappa shape index (κ2) is 11.6. The van der Waals surface area contributed by atoms with Gasteiger partial charge in [0.2, 0.25) is 5.91 Å². The van der Waals surface area contributed by atoms with E-state index < -0.39 is 13.9 Å². The zero-order valence-electron chi connectivity index (χ0n) is 16.5. The third-order valence-corrected chi connectivity index (χ3v) is 5.35. The van der Waals surface area contributed by atoms with Gasteiger partial charge in [-0.25, -0.2) is 4.57 Å². The molecule has 3 N–H and O–H groups in total. The van der Waals surface area contributed by atoms with E-state index in [-0.39, 0.29) is 18.6 Å². The van der Waals surface area contributed by atoms with Gasteiger partial charge in [-0.05, 0) is 43.4 Å². The predicted molar refractivity (Wildman–Crippen MR) is 107 cm³/mol. The molecule has 1 aromatic carbocycles. The molecular weight excluding hydrogens is 381 g/mol. The molecule has 0 radical (unpaired) electrons. The Morgan fingerprint density at radius 2 is 2.00 bits per heavy atom. The van der Waals surface area contributed by atoms with E-state index in [1.807, 2.05) is 12.1 Å². The number of carbonyl (C=O) groups is 1. The van der Waals surface area contributed by atoms with E-state index >= 15 is 0 Å². The van der Waals surface area contributed by atoms with Crippen LogP contribution in [-0.4, -0.2) is 28.4 Å². The van der Waals surface area contributed by atoms with Gasteiger partial charge in [-0.1, -0.05) is 44.7 Å². The Kier molecular flexibility index (Phi) is 9.45. The summed E-state index contributed by atoms with van der Waals surface area (Å²) in [5.74, 6) is 0.540. The lowest BCUT2D eigenvalue weighted by atomic mass is 9.96. The smallest absolute Gasteiger partial charge is 0.469 e. The number of nitrogens with one attached hydrogen (secondary N) is 1. The first-order chi connectivity index (χ1) is 13.4. The first kappa shape index (κ1) is 22.9. The molecule has 0 spiro atoms. The molecule has 2 rings (SSSR count). The Morgan fingerprint density at radius 3 is 2.64 bits per heavy atom. The van der Waals surface area contributed by atoms with Crippen molar-refractivity contribution in [2.24, 2.45) is 0 Å². The number of amides is 1. The van der Waals surface area contributed by atoms with Gasteiger partial charge in [0.25, 0.3) is 0 Å². The van der Waals surface area contributed by atoms with Crippen LogP contribution in [0.25, 0.3) is 0 Å². The van der Waals surface area contributed by atoms with E-state index in [1.54, 1.807) is 12.1 Å². The molecule has 0 bridgehead atoms. The standard InChI is InChI=1S/C20H32NO6P/c1-2-3-4-5-6-13-20(22)21-19(15-26-28(23,24)25)16-9-7-12-18(14-16)27-17-10-8-11-17/h7,9,12,14,17,19H,2-6,8,10-11,13,15H2,1H3,(H,21,22)(H2,23,24,25). The van der Waals surface area contributed by atoms with Crippen LogP contribution in [0.4, 0.5) is 0 Å². The molecule has 1 fully saturated rings. The van der Waals surface area contributed by atoms with Crippen molar-refractivity contribution in [1.29, 1.82) is 0 Å². The van der Waals surface area contributed by atoms with Gasteiger partial charge >= 0.3 is 7.82 Å². The van der Waals surface area contributed by atoms with Crippen LogP contribution in [0.3, 0.4) is 0 Å². The maximum Gasteiger partial charge on any atom is 0.469 e. The third-order valence-electron chi connectivity index (χ3n) is 4.87. The molecule has 1 unspecified atom stereocenters. The first-order valence-electron chi connectivity index (χ1n) is 10.1. The number of phosphoric ester groups is 1. The van der Waals surface area contributed by atoms with Crippen LogP contribution in [0.1, 0.15) is 76.3 Å². The minimum absolute atomic E-state index is 0.152. The largest absolute Gasteiger partial charge is 0.490 e. The van der Waals surface area contributed by atoms with Crippen LogP contribution >= 0.6 is 7.82 Å².